The fraction of sp³-hybridized carbons (Fsp3) is 0.500. The zero-order valence-corrected chi connectivity index (χ0v) is 12.7. The lowest BCUT2D eigenvalue weighted by molar-refractivity contribution is 0.393. The number of hydrogen-bond donors (Lipinski definition) is 1. The molecule has 1 heterocycles. The van der Waals surface area contributed by atoms with Gasteiger partial charge >= 0.3 is 0 Å². The van der Waals surface area contributed by atoms with E-state index in [-0.39, 0.29) is 6.04 Å². The minimum Gasteiger partial charge on any atom is -0.329 e. The third kappa shape index (κ3) is 2.47. The first-order valence-corrected chi connectivity index (χ1v) is 8.18. The molecule has 100 valence electrons. The average molecular weight is 333 g/mol. The fourth-order valence-corrected chi connectivity index (χ4v) is 4.78. The van der Waals surface area contributed by atoms with Gasteiger partial charge in [-0.3, -0.25) is 0 Å². The van der Waals surface area contributed by atoms with Gasteiger partial charge in [-0.25, -0.2) is 8.42 Å². The number of halogens is 1. The van der Waals surface area contributed by atoms with E-state index in [1.807, 2.05) is 13.0 Å². The lowest BCUT2D eigenvalue weighted by Gasteiger charge is -2.23. The molecule has 1 aliphatic rings. The topological polar surface area (TPSA) is 63.4 Å². The third-order valence-corrected chi connectivity index (χ3v) is 5.92. The van der Waals surface area contributed by atoms with E-state index in [1.165, 1.54) is 0 Å². The predicted octanol–water partition coefficient (Wildman–Crippen LogP) is 1.87. The van der Waals surface area contributed by atoms with Gasteiger partial charge < -0.3 is 5.73 Å². The molecule has 0 spiro atoms. The molecule has 0 aromatic heterocycles. The van der Waals surface area contributed by atoms with Crippen molar-refractivity contribution in [3.05, 3.63) is 28.2 Å². The first-order valence-electron chi connectivity index (χ1n) is 5.95. The summed E-state index contributed by atoms with van der Waals surface area (Å²) in [7, 11) is -3.41. The minimum absolute atomic E-state index is 0.0574. The van der Waals surface area contributed by atoms with Crippen LogP contribution in [0.2, 0.25) is 0 Å². The van der Waals surface area contributed by atoms with Crippen LogP contribution in [0.25, 0.3) is 0 Å². The van der Waals surface area contributed by atoms with Gasteiger partial charge in [0, 0.05) is 23.6 Å². The van der Waals surface area contributed by atoms with Crippen molar-refractivity contribution in [3.8, 4) is 0 Å². The maximum Gasteiger partial charge on any atom is 0.243 e. The maximum atomic E-state index is 12.6. The van der Waals surface area contributed by atoms with E-state index < -0.39 is 10.0 Å². The molecule has 1 aromatic carbocycles. The summed E-state index contributed by atoms with van der Waals surface area (Å²) in [5.74, 6) is 0. The van der Waals surface area contributed by atoms with E-state index in [2.05, 4.69) is 15.9 Å². The number of nitrogens with zero attached hydrogens (tertiary/aromatic N) is 1. The SMILES string of the molecule is Cc1cc(Br)ccc1S(=O)(=O)N1CCCC1CN. The summed E-state index contributed by atoms with van der Waals surface area (Å²) >= 11 is 3.34. The van der Waals surface area contributed by atoms with E-state index >= 15 is 0 Å². The molecule has 1 fully saturated rings. The lowest BCUT2D eigenvalue weighted by atomic mass is 10.2. The van der Waals surface area contributed by atoms with Gasteiger partial charge in [-0.1, -0.05) is 15.9 Å². The molecule has 2 rings (SSSR count). The van der Waals surface area contributed by atoms with E-state index in [1.54, 1.807) is 16.4 Å². The summed E-state index contributed by atoms with van der Waals surface area (Å²) in [6.45, 7) is 2.76. The van der Waals surface area contributed by atoms with Crippen LogP contribution < -0.4 is 5.73 Å². The molecule has 0 saturated carbocycles. The van der Waals surface area contributed by atoms with Crippen LogP contribution in [0.15, 0.2) is 27.6 Å². The highest BCUT2D eigenvalue weighted by Crippen LogP contribution is 2.28. The number of nitrogens with two attached hydrogens (primary N) is 1. The molecule has 4 nitrogen and oxygen atoms in total. The molecule has 0 bridgehead atoms. The van der Waals surface area contributed by atoms with Gasteiger partial charge in [0.15, 0.2) is 0 Å². The van der Waals surface area contributed by atoms with Crippen molar-refractivity contribution in [2.24, 2.45) is 5.73 Å². The average Bonchev–Trinajstić information content (AvgIpc) is 2.76. The van der Waals surface area contributed by atoms with Gasteiger partial charge in [-0.05, 0) is 43.5 Å². The third-order valence-electron chi connectivity index (χ3n) is 3.32. The van der Waals surface area contributed by atoms with Gasteiger partial charge in [0.1, 0.15) is 0 Å². The number of aryl methyl sites for hydroxylation is 1. The highest BCUT2D eigenvalue weighted by Gasteiger charge is 2.35. The van der Waals surface area contributed by atoms with Crippen LogP contribution in [0.1, 0.15) is 18.4 Å². The Morgan fingerprint density at radius 2 is 2.22 bits per heavy atom. The summed E-state index contributed by atoms with van der Waals surface area (Å²) in [6.07, 6.45) is 1.74. The minimum atomic E-state index is -3.41. The van der Waals surface area contributed by atoms with Crippen molar-refractivity contribution in [2.45, 2.75) is 30.7 Å². The number of hydrogen-bond acceptors (Lipinski definition) is 3. The second-order valence-electron chi connectivity index (χ2n) is 4.56. The van der Waals surface area contributed by atoms with E-state index in [0.717, 1.165) is 22.9 Å². The Hall–Kier alpha value is -0.430. The normalized spacial score (nSPS) is 21.4. The number of benzene rings is 1. The maximum absolute atomic E-state index is 12.6. The molecule has 1 atom stereocenters. The molecule has 1 saturated heterocycles. The van der Waals surface area contributed by atoms with Gasteiger partial charge in [-0.2, -0.15) is 4.31 Å². The standard InChI is InChI=1S/C12H17BrN2O2S/c1-9-7-10(13)4-5-12(9)18(16,17)15-6-2-3-11(15)8-14/h4-5,7,11H,2-3,6,8,14H2,1H3. The van der Waals surface area contributed by atoms with Gasteiger partial charge in [-0.15, -0.1) is 0 Å². The molecule has 2 N–H and O–H groups in total. The molecule has 18 heavy (non-hydrogen) atoms. The molecule has 0 radical (unpaired) electrons. The van der Waals surface area contributed by atoms with E-state index in [9.17, 15) is 8.42 Å². The first kappa shape index (κ1) is 14.0. The van der Waals surface area contributed by atoms with Gasteiger partial charge in [0.25, 0.3) is 0 Å². The van der Waals surface area contributed by atoms with Crippen LogP contribution in [0.5, 0.6) is 0 Å². The smallest absolute Gasteiger partial charge is 0.243 e. The largest absolute Gasteiger partial charge is 0.329 e. The molecule has 1 aromatic rings. The van der Waals surface area contributed by atoms with Crippen LogP contribution >= 0.6 is 15.9 Å². The Labute approximate surface area is 116 Å². The van der Waals surface area contributed by atoms with Crippen molar-refractivity contribution >= 4 is 26.0 Å². The summed E-state index contributed by atoms with van der Waals surface area (Å²) in [5.41, 5.74) is 6.40. The van der Waals surface area contributed by atoms with Crippen LogP contribution in [-0.2, 0) is 10.0 Å². The Kier molecular flexibility index (Phi) is 4.11. The van der Waals surface area contributed by atoms with Crippen LogP contribution in [-0.4, -0.2) is 31.9 Å². The van der Waals surface area contributed by atoms with Crippen LogP contribution in [0, 0.1) is 6.92 Å². The van der Waals surface area contributed by atoms with Crippen molar-refractivity contribution in [2.75, 3.05) is 13.1 Å². The van der Waals surface area contributed by atoms with Crippen LogP contribution in [0.4, 0.5) is 0 Å². The predicted molar refractivity (Wildman–Crippen MR) is 74.8 cm³/mol. The molecule has 1 unspecified atom stereocenters. The Balaban J connectivity index is 2.42. The van der Waals surface area contributed by atoms with Crippen molar-refractivity contribution < 1.29 is 8.42 Å². The lowest BCUT2D eigenvalue weighted by Crippen LogP contribution is -2.40. The molecular weight excluding hydrogens is 316 g/mol. The molecule has 0 aliphatic carbocycles. The Bertz CT molecular complexity index is 545. The van der Waals surface area contributed by atoms with Crippen molar-refractivity contribution in [1.29, 1.82) is 0 Å². The van der Waals surface area contributed by atoms with Crippen LogP contribution in [0.3, 0.4) is 0 Å². The number of rotatable bonds is 3. The summed E-state index contributed by atoms with van der Waals surface area (Å²) in [5, 5.41) is 0. The second-order valence-corrected chi connectivity index (χ2v) is 7.33. The summed E-state index contributed by atoms with van der Waals surface area (Å²) in [4.78, 5) is 0.381. The highest BCUT2D eigenvalue weighted by molar-refractivity contribution is 9.10. The fourth-order valence-electron chi connectivity index (χ4n) is 2.39. The summed E-state index contributed by atoms with van der Waals surface area (Å²) in [6, 6.07) is 5.17. The Morgan fingerprint density at radius 1 is 1.50 bits per heavy atom. The highest BCUT2D eigenvalue weighted by atomic mass is 79.9. The van der Waals surface area contributed by atoms with Crippen molar-refractivity contribution in [3.63, 3.8) is 0 Å². The summed E-state index contributed by atoms with van der Waals surface area (Å²) < 4.78 is 27.6. The molecule has 1 aliphatic heterocycles. The first-order chi connectivity index (χ1) is 8.46. The quantitative estimate of drug-likeness (QED) is 0.918. The number of sulfonamides is 1. The molecule has 6 heteroatoms. The molecular formula is C12H17BrN2O2S. The zero-order valence-electron chi connectivity index (χ0n) is 10.3. The Morgan fingerprint density at radius 3 is 2.83 bits per heavy atom. The second kappa shape index (κ2) is 5.28. The zero-order chi connectivity index (χ0) is 13.3. The monoisotopic (exact) mass is 332 g/mol. The molecule has 0 amide bonds. The van der Waals surface area contributed by atoms with Gasteiger partial charge in [0.2, 0.25) is 10.0 Å². The van der Waals surface area contributed by atoms with Crippen molar-refractivity contribution in [1.82, 2.24) is 4.31 Å². The van der Waals surface area contributed by atoms with E-state index in [0.29, 0.717) is 18.0 Å². The van der Waals surface area contributed by atoms with Gasteiger partial charge in [0.05, 0.1) is 4.90 Å². The van der Waals surface area contributed by atoms with E-state index in [4.69, 9.17) is 5.73 Å².